The molecule has 1 aliphatic rings. The number of benzene rings is 1. The van der Waals surface area contributed by atoms with Crippen LogP contribution in [0.2, 0.25) is 0 Å². The minimum Gasteiger partial charge on any atom is -0.368 e. The number of nitrogens with two attached hydrogens (primary N) is 1. The summed E-state index contributed by atoms with van der Waals surface area (Å²) in [4.78, 5) is 26.7. The van der Waals surface area contributed by atoms with Gasteiger partial charge in [-0.15, -0.1) is 0 Å². The quantitative estimate of drug-likeness (QED) is 0.416. The first-order valence-corrected chi connectivity index (χ1v) is 9.35. The van der Waals surface area contributed by atoms with Gasteiger partial charge in [-0.1, -0.05) is 12.1 Å². The van der Waals surface area contributed by atoms with Crippen molar-refractivity contribution in [2.75, 3.05) is 25.9 Å². The lowest BCUT2D eigenvalue weighted by atomic mass is 10.1. The van der Waals surface area contributed by atoms with Crippen molar-refractivity contribution in [1.29, 1.82) is 0 Å². The average Bonchev–Trinajstić information content (AvgIpc) is 3.14. The maximum atomic E-state index is 11.8. The smallest absolute Gasteiger partial charge is 0.251 e. The van der Waals surface area contributed by atoms with Gasteiger partial charge >= 0.3 is 0 Å². The van der Waals surface area contributed by atoms with E-state index in [1.807, 2.05) is 23.9 Å². The van der Waals surface area contributed by atoms with Crippen LogP contribution in [0.1, 0.15) is 28.8 Å². The Bertz CT molecular complexity index is 612. The topological polar surface area (TPSA) is 109 Å². The van der Waals surface area contributed by atoms with E-state index in [0.29, 0.717) is 17.4 Å². The number of hydrogen-bond donors (Lipinski definition) is 4. The molecule has 1 aromatic carbocycles. The zero-order valence-corrected chi connectivity index (χ0v) is 15.2. The first-order valence-electron chi connectivity index (χ1n) is 8.30. The Hall–Kier alpha value is -2.22. The molecule has 1 fully saturated rings. The summed E-state index contributed by atoms with van der Waals surface area (Å²) in [5.74, 6) is 1.14. The minimum atomic E-state index is -0.566. The zero-order valence-electron chi connectivity index (χ0n) is 14.4. The van der Waals surface area contributed by atoms with Crippen molar-refractivity contribution in [3.05, 3.63) is 35.4 Å². The van der Waals surface area contributed by atoms with E-state index in [-0.39, 0.29) is 12.5 Å². The molecule has 1 aliphatic heterocycles. The van der Waals surface area contributed by atoms with Gasteiger partial charge in [-0.2, -0.15) is 11.8 Å². The highest BCUT2D eigenvalue weighted by Crippen LogP contribution is 2.25. The predicted molar refractivity (Wildman–Crippen MR) is 102 cm³/mol. The third-order valence-corrected chi connectivity index (χ3v) is 5.24. The fraction of sp³-hybridized carbons (Fsp3) is 0.471. The average molecular weight is 363 g/mol. The molecule has 2 amide bonds. The van der Waals surface area contributed by atoms with Gasteiger partial charge in [-0.05, 0) is 36.3 Å². The SMILES string of the molecule is CN=C(NCc1ccc(C(=O)NCC(N)=O)cc1)NCC1CCCS1. The fourth-order valence-electron chi connectivity index (χ4n) is 2.47. The number of rotatable bonds is 7. The molecule has 1 unspecified atom stereocenters. The molecule has 136 valence electrons. The van der Waals surface area contributed by atoms with Crippen LogP contribution in [0.25, 0.3) is 0 Å². The monoisotopic (exact) mass is 363 g/mol. The Morgan fingerprint density at radius 3 is 2.60 bits per heavy atom. The summed E-state index contributed by atoms with van der Waals surface area (Å²) in [5, 5.41) is 9.74. The predicted octanol–water partition coefficient (Wildman–Crippen LogP) is 0.462. The second-order valence-electron chi connectivity index (χ2n) is 5.79. The highest BCUT2D eigenvalue weighted by molar-refractivity contribution is 8.00. The summed E-state index contributed by atoms with van der Waals surface area (Å²) < 4.78 is 0. The molecule has 0 aromatic heterocycles. The molecule has 0 bridgehead atoms. The molecule has 0 radical (unpaired) electrons. The standard InChI is InChI=1S/C17H25N5O2S/c1-19-17(22-10-14-3-2-8-25-14)21-9-12-4-6-13(7-5-12)16(24)20-11-15(18)23/h4-7,14H,2-3,8-11H2,1H3,(H2,18,23)(H,20,24)(H2,19,21,22). The Morgan fingerprint density at radius 2 is 2.00 bits per heavy atom. The van der Waals surface area contributed by atoms with Crippen molar-refractivity contribution in [3.63, 3.8) is 0 Å². The Morgan fingerprint density at radius 1 is 1.24 bits per heavy atom. The molecule has 8 heteroatoms. The molecule has 0 aliphatic carbocycles. The Balaban J connectivity index is 1.77. The van der Waals surface area contributed by atoms with E-state index in [1.165, 1.54) is 18.6 Å². The van der Waals surface area contributed by atoms with Crippen LogP contribution in [-0.4, -0.2) is 48.9 Å². The maximum absolute atomic E-state index is 11.8. The number of thioether (sulfide) groups is 1. The van der Waals surface area contributed by atoms with Crippen LogP contribution in [0.5, 0.6) is 0 Å². The second kappa shape index (κ2) is 9.93. The van der Waals surface area contributed by atoms with Crippen LogP contribution in [0.3, 0.4) is 0 Å². The summed E-state index contributed by atoms with van der Waals surface area (Å²) >= 11 is 2.01. The van der Waals surface area contributed by atoms with E-state index in [0.717, 1.165) is 18.1 Å². The van der Waals surface area contributed by atoms with Gasteiger partial charge < -0.3 is 21.7 Å². The van der Waals surface area contributed by atoms with Crippen LogP contribution in [0.15, 0.2) is 29.3 Å². The van der Waals surface area contributed by atoms with E-state index >= 15 is 0 Å². The number of carbonyl (C=O) groups excluding carboxylic acids is 2. The van der Waals surface area contributed by atoms with Gasteiger partial charge in [-0.3, -0.25) is 14.6 Å². The molecule has 7 nitrogen and oxygen atoms in total. The van der Waals surface area contributed by atoms with E-state index in [1.54, 1.807) is 19.2 Å². The molecule has 0 spiro atoms. The molecule has 1 heterocycles. The first-order chi connectivity index (χ1) is 12.1. The van der Waals surface area contributed by atoms with Crippen molar-refractivity contribution in [1.82, 2.24) is 16.0 Å². The van der Waals surface area contributed by atoms with Gasteiger partial charge in [0, 0.05) is 31.0 Å². The van der Waals surface area contributed by atoms with Crippen LogP contribution in [0, 0.1) is 0 Å². The number of hydrogen-bond acceptors (Lipinski definition) is 4. The third kappa shape index (κ3) is 6.66. The largest absolute Gasteiger partial charge is 0.368 e. The van der Waals surface area contributed by atoms with Gasteiger partial charge in [0.05, 0.1) is 6.54 Å². The van der Waals surface area contributed by atoms with Crippen molar-refractivity contribution < 1.29 is 9.59 Å². The lowest BCUT2D eigenvalue weighted by molar-refractivity contribution is -0.117. The number of amides is 2. The van der Waals surface area contributed by atoms with Crippen LogP contribution >= 0.6 is 11.8 Å². The van der Waals surface area contributed by atoms with E-state index < -0.39 is 5.91 Å². The third-order valence-electron chi connectivity index (χ3n) is 3.84. The van der Waals surface area contributed by atoms with Crippen LogP contribution < -0.4 is 21.7 Å². The van der Waals surface area contributed by atoms with Crippen molar-refractivity contribution in [2.45, 2.75) is 24.6 Å². The molecule has 1 atom stereocenters. The van der Waals surface area contributed by atoms with E-state index in [4.69, 9.17) is 5.73 Å². The molecular formula is C17H25N5O2S. The fourth-order valence-corrected chi connectivity index (χ4v) is 3.67. The highest BCUT2D eigenvalue weighted by atomic mass is 32.2. The summed E-state index contributed by atoms with van der Waals surface area (Å²) in [6.45, 7) is 1.37. The summed E-state index contributed by atoms with van der Waals surface area (Å²) in [6.07, 6.45) is 2.55. The van der Waals surface area contributed by atoms with Crippen LogP contribution in [0.4, 0.5) is 0 Å². The molecule has 5 N–H and O–H groups in total. The lowest BCUT2D eigenvalue weighted by Gasteiger charge is -2.15. The van der Waals surface area contributed by atoms with Crippen molar-refractivity contribution in [3.8, 4) is 0 Å². The van der Waals surface area contributed by atoms with E-state index in [9.17, 15) is 9.59 Å². The number of primary amides is 1. The van der Waals surface area contributed by atoms with E-state index in [2.05, 4.69) is 20.9 Å². The maximum Gasteiger partial charge on any atom is 0.251 e. The number of guanidine groups is 1. The number of nitrogens with one attached hydrogen (secondary N) is 3. The lowest BCUT2D eigenvalue weighted by Crippen LogP contribution is -2.39. The van der Waals surface area contributed by atoms with Gasteiger partial charge in [0.15, 0.2) is 5.96 Å². The Labute approximate surface area is 152 Å². The summed E-state index contributed by atoms with van der Waals surface area (Å²) in [7, 11) is 1.75. The summed E-state index contributed by atoms with van der Waals surface area (Å²) in [6, 6.07) is 7.18. The molecular weight excluding hydrogens is 338 g/mol. The first kappa shape index (κ1) is 19.1. The van der Waals surface area contributed by atoms with Gasteiger partial charge in [0.1, 0.15) is 0 Å². The van der Waals surface area contributed by atoms with Gasteiger partial charge in [-0.25, -0.2) is 0 Å². The molecule has 1 aromatic rings. The number of aliphatic imine (C=N–C) groups is 1. The number of carbonyl (C=O) groups is 2. The Kier molecular flexibility index (Phi) is 7.59. The van der Waals surface area contributed by atoms with Gasteiger partial charge in [0.25, 0.3) is 5.91 Å². The molecule has 2 rings (SSSR count). The normalized spacial score (nSPS) is 17.2. The molecule has 25 heavy (non-hydrogen) atoms. The summed E-state index contributed by atoms with van der Waals surface area (Å²) in [5.41, 5.74) is 6.53. The highest BCUT2D eigenvalue weighted by Gasteiger charge is 2.15. The van der Waals surface area contributed by atoms with Crippen molar-refractivity contribution >= 4 is 29.5 Å². The second-order valence-corrected chi connectivity index (χ2v) is 7.20. The van der Waals surface area contributed by atoms with Crippen LogP contribution in [-0.2, 0) is 11.3 Å². The molecule has 0 saturated carbocycles. The molecule has 1 saturated heterocycles. The zero-order chi connectivity index (χ0) is 18.1. The van der Waals surface area contributed by atoms with Gasteiger partial charge in [0.2, 0.25) is 5.91 Å². The number of nitrogens with zero attached hydrogens (tertiary/aromatic N) is 1. The minimum absolute atomic E-state index is 0.163. The van der Waals surface area contributed by atoms with Crippen molar-refractivity contribution in [2.24, 2.45) is 10.7 Å².